The number of pyridine rings is 1. The summed E-state index contributed by atoms with van der Waals surface area (Å²) in [5.74, 6) is 0. The second-order valence-corrected chi connectivity index (χ2v) is 16.1. The normalized spacial score (nSPS) is 14.3. The molecule has 2 nitrogen and oxygen atoms in total. The average Bonchev–Trinajstić information content (AvgIpc) is 3.64. The largest absolute Gasteiger partial charge is 0.332 e. The molecule has 59 heavy (non-hydrogen) atoms. The van der Waals surface area contributed by atoms with Crippen LogP contribution in [-0.2, 0) is 0 Å². The van der Waals surface area contributed by atoms with Gasteiger partial charge in [-0.2, -0.15) is 0 Å². The van der Waals surface area contributed by atoms with Gasteiger partial charge in [0.05, 0.1) is 17.8 Å². The summed E-state index contributed by atoms with van der Waals surface area (Å²) in [6.45, 7) is 0. The molecule has 1 aliphatic rings. The molecule has 0 saturated heterocycles. The number of aromatic nitrogens is 2. The predicted octanol–water partition coefficient (Wildman–Crippen LogP) is 15.8. The summed E-state index contributed by atoms with van der Waals surface area (Å²) in [6.07, 6.45) is 12.2. The molecule has 2 aromatic heterocycles. The highest BCUT2D eigenvalue weighted by Gasteiger charge is 2.21. The minimum atomic E-state index is 0.354. The van der Waals surface area contributed by atoms with Crippen LogP contribution in [0.25, 0.3) is 109 Å². The van der Waals surface area contributed by atoms with Crippen molar-refractivity contribution in [2.75, 3.05) is 0 Å². The molecule has 9 aromatic carbocycles. The van der Waals surface area contributed by atoms with Gasteiger partial charge in [-0.25, -0.2) is 0 Å². The molecule has 2 heterocycles. The van der Waals surface area contributed by atoms with Crippen LogP contribution in [0.3, 0.4) is 0 Å². The minimum absolute atomic E-state index is 0.354. The molecule has 12 rings (SSSR count). The van der Waals surface area contributed by atoms with Crippen molar-refractivity contribution < 1.29 is 0 Å². The highest BCUT2D eigenvalue weighted by Crippen LogP contribution is 2.48. The van der Waals surface area contributed by atoms with Crippen molar-refractivity contribution in [3.8, 4) is 44.5 Å². The molecule has 0 aliphatic heterocycles. The molecule has 0 radical (unpaired) electrons. The molecule has 11 aromatic rings. The van der Waals surface area contributed by atoms with Crippen molar-refractivity contribution in [3.63, 3.8) is 0 Å². The van der Waals surface area contributed by atoms with Crippen molar-refractivity contribution in [1.29, 1.82) is 0 Å². The van der Waals surface area contributed by atoms with Crippen LogP contribution in [0.2, 0.25) is 0 Å². The third-order valence-electron chi connectivity index (χ3n) is 12.8. The summed E-state index contributed by atoms with van der Waals surface area (Å²) >= 11 is 0. The van der Waals surface area contributed by atoms with Crippen molar-refractivity contribution in [1.82, 2.24) is 9.55 Å². The lowest BCUT2D eigenvalue weighted by atomic mass is 9.83. The van der Waals surface area contributed by atoms with E-state index in [1.807, 2.05) is 12.4 Å². The average molecular weight is 753 g/mol. The number of hydrogen-bond donors (Lipinski definition) is 0. The van der Waals surface area contributed by atoms with Crippen LogP contribution >= 0.6 is 0 Å². The van der Waals surface area contributed by atoms with E-state index in [1.54, 1.807) is 0 Å². The number of nitrogens with zero attached hydrogens (tertiary/aromatic N) is 2. The Morgan fingerprint density at radius 1 is 0.424 bits per heavy atom. The summed E-state index contributed by atoms with van der Waals surface area (Å²) in [6, 6.07) is 65.9. The fraction of sp³-hybridized carbons (Fsp3) is 0.0702. The number of benzene rings is 9. The smallest absolute Gasteiger partial charge is 0.0683 e. The first-order valence-corrected chi connectivity index (χ1v) is 20.9. The summed E-state index contributed by atoms with van der Waals surface area (Å²) in [5.41, 5.74) is 12.4. The Bertz CT molecular complexity index is 3480. The zero-order valence-corrected chi connectivity index (χ0v) is 32.6. The monoisotopic (exact) mass is 752 g/mol. The molecule has 2 heteroatoms. The van der Waals surface area contributed by atoms with Gasteiger partial charge in [-0.3, -0.25) is 4.98 Å². The first-order chi connectivity index (χ1) is 29.3. The molecule has 1 aliphatic carbocycles. The summed E-state index contributed by atoms with van der Waals surface area (Å²) in [7, 11) is 0. The van der Waals surface area contributed by atoms with Gasteiger partial charge in [0, 0.05) is 22.5 Å². The van der Waals surface area contributed by atoms with Gasteiger partial charge in [0.15, 0.2) is 0 Å². The third kappa shape index (κ3) is 5.44. The first kappa shape index (κ1) is 33.8. The standard InChI is InChI=1S/C57H40N2/c1-2-19-43(20-3-1)59-54-30-28-42(34-52(54)46-31-32-58-36-55(46)59)40-18-10-17-39(33-40)41-27-29-51-53(35-41)57(48-26-12-16-38-14-5-7-22-45(38)48)50-24-9-8-23-49(50)56(51)47-25-11-15-37-13-4-6-21-44(37)47/h2,4-19,21-36,43H,1,3,20H2. The van der Waals surface area contributed by atoms with Gasteiger partial charge in [-0.05, 0) is 137 Å². The zero-order chi connectivity index (χ0) is 38.9. The molecule has 0 amide bonds. The van der Waals surface area contributed by atoms with Crippen LogP contribution in [0, 0.1) is 0 Å². The van der Waals surface area contributed by atoms with E-state index in [0.717, 1.165) is 12.8 Å². The van der Waals surface area contributed by atoms with Gasteiger partial charge in [-0.15, -0.1) is 0 Å². The number of fused-ring (bicyclic) bond motifs is 7. The molecule has 0 saturated carbocycles. The summed E-state index contributed by atoms with van der Waals surface area (Å²) < 4.78 is 2.51. The molecular formula is C57H40N2. The molecule has 1 unspecified atom stereocenters. The van der Waals surface area contributed by atoms with E-state index in [-0.39, 0.29) is 0 Å². The van der Waals surface area contributed by atoms with Crippen LogP contribution in [0.5, 0.6) is 0 Å². The summed E-state index contributed by atoms with van der Waals surface area (Å²) in [4.78, 5) is 4.56. The lowest BCUT2D eigenvalue weighted by Gasteiger charge is -2.21. The number of rotatable bonds is 5. The second-order valence-electron chi connectivity index (χ2n) is 16.1. The van der Waals surface area contributed by atoms with Crippen molar-refractivity contribution in [2.45, 2.75) is 25.3 Å². The van der Waals surface area contributed by atoms with Crippen LogP contribution in [0.4, 0.5) is 0 Å². The molecule has 1 atom stereocenters. The van der Waals surface area contributed by atoms with Gasteiger partial charge in [-0.1, -0.05) is 158 Å². The highest BCUT2D eigenvalue weighted by atomic mass is 15.0. The maximum Gasteiger partial charge on any atom is 0.0683 e. The third-order valence-corrected chi connectivity index (χ3v) is 12.8. The Labute approximate surface area is 343 Å². The predicted molar refractivity (Wildman–Crippen MR) is 251 cm³/mol. The van der Waals surface area contributed by atoms with E-state index in [9.17, 15) is 0 Å². The topological polar surface area (TPSA) is 17.8 Å². The lowest BCUT2D eigenvalue weighted by Crippen LogP contribution is -2.08. The van der Waals surface area contributed by atoms with E-state index in [4.69, 9.17) is 0 Å². The summed E-state index contributed by atoms with van der Waals surface area (Å²) in [5, 5.41) is 12.6. The van der Waals surface area contributed by atoms with E-state index in [2.05, 4.69) is 198 Å². The number of hydrogen-bond acceptors (Lipinski definition) is 1. The lowest BCUT2D eigenvalue weighted by molar-refractivity contribution is 0.542. The molecule has 0 spiro atoms. The van der Waals surface area contributed by atoms with Gasteiger partial charge < -0.3 is 4.57 Å². The quantitative estimate of drug-likeness (QED) is 0.126. The van der Waals surface area contributed by atoms with E-state index in [0.29, 0.717) is 6.04 Å². The fourth-order valence-electron chi connectivity index (χ4n) is 10.1. The van der Waals surface area contributed by atoms with Gasteiger partial charge >= 0.3 is 0 Å². The van der Waals surface area contributed by atoms with Gasteiger partial charge in [0.1, 0.15) is 0 Å². The van der Waals surface area contributed by atoms with Crippen LogP contribution < -0.4 is 0 Å². The number of allylic oxidation sites excluding steroid dienone is 2. The maximum absolute atomic E-state index is 4.56. The molecule has 278 valence electrons. The zero-order valence-electron chi connectivity index (χ0n) is 32.6. The van der Waals surface area contributed by atoms with Crippen LogP contribution in [0.15, 0.2) is 200 Å². The van der Waals surface area contributed by atoms with E-state index < -0.39 is 0 Å². The Morgan fingerprint density at radius 3 is 1.66 bits per heavy atom. The molecule has 0 bridgehead atoms. The Kier molecular flexibility index (Phi) is 7.84. The van der Waals surface area contributed by atoms with Crippen LogP contribution in [0.1, 0.15) is 25.3 Å². The van der Waals surface area contributed by atoms with E-state index in [1.165, 1.54) is 116 Å². The molecule has 0 N–H and O–H groups in total. The highest BCUT2D eigenvalue weighted by molar-refractivity contribution is 6.25. The Hall–Kier alpha value is -7.29. The molecule has 0 fully saturated rings. The second kappa shape index (κ2) is 13.7. The van der Waals surface area contributed by atoms with Crippen molar-refractivity contribution in [2.24, 2.45) is 0 Å². The van der Waals surface area contributed by atoms with Crippen LogP contribution in [-0.4, -0.2) is 9.55 Å². The fourth-order valence-corrected chi connectivity index (χ4v) is 10.1. The SMILES string of the molecule is C1=CC(n2c3ccc(-c4cccc(-c5ccc6c(-c7cccc8ccccc78)c7ccccc7c(-c7cccc8ccccc78)c6c5)c4)cc3c3ccncc32)CCC1. The van der Waals surface area contributed by atoms with Crippen molar-refractivity contribution >= 4 is 64.9 Å². The Morgan fingerprint density at radius 2 is 0.983 bits per heavy atom. The first-order valence-electron chi connectivity index (χ1n) is 20.9. The maximum atomic E-state index is 4.56. The molecular weight excluding hydrogens is 713 g/mol. The Balaban J connectivity index is 1.08. The van der Waals surface area contributed by atoms with Crippen molar-refractivity contribution in [3.05, 3.63) is 200 Å². The van der Waals surface area contributed by atoms with Gasteiger partial charge in [0.25, 0.3) is 0 Å². The minimum Gasteiger partial charge on any atom is -0.332 e. The van der Waals surface area contributed by atoms with E-state index >= 15 is 0 Å². The van der Waals surface area contributed by atoms with Gasteiger partial charge in [0.2, 0.25) is 0 Å².